The third kappa shape index (κ3) is 2.34. The topological polar surface area (TPSA) is 59.0 Å². The molecule has 1 fully saturated rings. The highest BCUT2D eigenvalue weighted by atomic mass is 32.1. The van der Waals surface area contributed by atoms with Gasteiger partial charge >= 0.3 is 0 Å². The number of nitrogens with zero attached hydrogens (tertiary/aromatic N) is 4. The van der Waals surface area contributed by atoms with Gasteiger partial charge in [-0.25, -0.2) is 4.98 Å². The van der Waals surface area contributed by atoms with Gasteiger partial charge in [-0.05, 0) is 39.2 Å². The number of imidazole rings is 1. The zero-order chi connectivity index (χ0) is 15.0. The Morgan fingerprint density at radius 1 is 1.38 bits per heavy atom. The number of nitrogens with one attached hydrogen (secondary N) is 1. The van der Waals surface area contributed by atoms with Crippen molar-refractivity contribution in [2.45, 2.75) is 37.8 Å². The average molecular weight is 307 g/mol. The first-order chi connectivity index (χ1) is 10.1. The predicted molar refractivity (Wildman–Crippen MR) is 84.2 cm³/mol. The fraction of sp³-hybridized carbons (Fsp3) is 0.643. The number of aromatic nitrogens is 4. The zero-order valence-corrected chi connectivity index (χ0v) is 13.5. The summed E-state index contributed by atoms with van der Waals surface area (Å²) in [6.45, 7) is 0.846. The molecule has 3 rings (SSSR count). The van der Waals surface area contributed by atoms with Crippen molar-refractivity contribution in [2.24, 2.45) is 0 Å². The van der Waals surface area contributed by atoms with Crippen molar-refractivity contribution in [1.29, 1.82) is 0 Å². The molecule has 0 atom stereocenters. The standard InChI is InChI=1S/C14H21N5OS/c1-18(2)14(6-4-5-7-14)8-19-11-10(17-13(19)21)12(20-3)16-9-15-11/h9H,4-8H2,1-3H3,(H,17,21). The van der Waals surface area contributed by atoms with Gasteiger partial charge in [0.1, 0.15) is 11.8 Å². The molecular formula is C14H21N5OS. The van der Waals surface area contributed by atoms with Gasteiger partial charge in [-0.2, -0.15) is 4.98 Å². The molecule has 7 heteroatoms. The molecule has 0 bridgehead atoms. The van der Waals surface area contributed by atoms with E-state index in [1.54, 1.807) is 7.11 Å². The van der Waals surface area contributed by atoms with Crippen LogP contribution in [0.4, 0.5) is 0 Å². The Kier molecular flexibility index (Phi) is 3.71. The summed E-state index contributed by atoms with van der Waals surface area (Å²) in [5, 5.41) is 0. The first-order valence-electron chi connectivity index (χ1n) is 7.22. The highest BCUT2D eigenvalue weighted by molar-refractivity contribution is 7.71. The fourth-order valence-electron chi connectivity index (χ4n) is 3.32. The second kappa shape index (κ2) is 5.38. The van der Waals surface area contributed by atoms with Crippen LogP contribution in [0.1, 0.15) is 25.7 Å². The number of hydrogen-bond donors (Lipinski definition) is 1. The molecule has 1 saturated carbocycles. The Morgan fingerprint density at radius 2 is 2.10 bits per heavy atom. The molecule has 0 spiro atoms. The second-order valence-electron chi connectivity index (χ2n) is 5.92. The fourth-order valence-corrected chi connectivity index (χ4v) is 3.57. The summed E-state index contributed by atoms with van der Waals surface area (Å²) in [4.78, 5) is 14.0. The number of fused-ring (bicyclic) bond motifs is 1. The smallest absolute Gasteiger partial charge is 0.242 e. The predicted octanol–water partition coefficient (Wildman–Crippen LogP) is 2.37. The van der Waals surface area contributed by atoms with E-state index in [2.05, 4.69) is 38.5 Å². The third-order valence-electron chi connectivity index (χ3n) is 4.65. The highest BCUT2D eigenvalue weighted by Gasteiger charge is 2.37. The molecule has 0 unspecified atom stereocenters. The number of H-pyrrole nitrogens is 1. The number of methoxy groups -OCH3 is 1. The van der Waals surface area contributed by atoms with Crippen LogP contribution in [0.2, 0.25) is 0 Å². The van der Waals surface area contributed by atoms with Crippen LogP contribution in [0, 0.1) is 4.77 Å². The lowest BCUT2D eigenvalue weighted by Crippen LogP contribution is -2.45. The lowest BCUT2D eigenvalue weighted by atomic mass is 9.96. The zero-order valence-electron chi connectivity index (χ0n) is 12.7. The second-order valence-corrected chi connectivity index (χ2v) is 6.31. The van der Waals surface area contributed by atoms with Crippen LogP contribution in [0.3, 0.4) is 0 Å². The van der Waals surface area contributed by atoms with Gasteiger partial charge in [0.05, 0.1) is 7.11 Å². The van der Waals surface area contributed by atoms with E-state index in [-0.39, 0.29) is 5.54 Å². The number of ether oxygens (including phenoxy) is 1. The Labute approximate surface area is 129 Å². The Balaban J connectivity index is 2.09. The Bertz CT molecular complexity index is 699. The van der Waals surface area contributed by atoms with Gasteiger partial charge in [0, 0.05) is 12.1 Å². The van der Waals surface area contributed by atoms with Crippen LogP contribution in [0.5, 0.6) is 5.88 Å². The minimum Gasteiger partial charge on any atom is -0.479 e. The molecule has 6 nitrogen and oxygen atoms in total. The molecule has 2 aromatic rings. The quantitative estimate of drug-likeness (QED) is 0.879. The van der Waals surface area contributed by atoms with Crippen LogP contribution in [-0.4, -0.2) is 51.2 Å². The summed E-state index contributed by atoms with van der Waals surface area (Å²) in [6.07, 6.45) is 6.45. The molecule has 2 aromatic heterocycles. The maximum atomic E-state index is 5.50. The Hall–Kier alpha value is -1.47. The van der Waals surface area contributed by atoms with E-state index in [4.69, 9.17) is 17.0 Å². The van der Waals surface area contributed by atoms with E-state index in [0.29, 0.717) is 10.7 Å². The SMILES string of the molecule is COc1ncnc2c1[nH]c(=S)n2CC1(N(C)C)CCCC1. The van der Waals surface area contributed by atoms with Crippen LogP contribution in [0.25, 0.3) is 11.2 Å². The van der Waals surface area contributed by atoms with Crippen LogP contribution in [-0.2, 0) is 6.54 Å². The molecule has 1 N–H and O–H groups in total. The van der Waals surface area contributed by atoms with E-state index < -0.39 is 0 Å². The molecule has 0 saturated heterocycles. The molecule has 0 radical (unpaired) electrons. The average Bonchev–Trinajstić information content (AvgIpc) is 3.06. The van der Waals surface area contributed by atoms with Crippen molar-refractivity contribution in [3.63, 3.8) is 0 Å². The van der Waals surface area contributed by atoms with E-state index in [9.17, 15) is 0 Å². The first-order valence-corrected chi connectivity index (χ1v) is 7.63. The first kappa shape index (κ1) is 14.5. The van der Waals surface area contributed by atoms with Crippen molar-refractivity contribution in [2.75, 3.05) is 21.2 Å². The van der Waals surface area contributed by atoms with Gasteiger partial charge in [0.25, 0.3) is 0 Å². The lowest BCUT2D eigenvalue weighted by Gasteiger charge is -2.36. The molecule has 0 amide bonds. The van der Waals surface area contributed by atoms with Gasteiger partial charge < -0.3 is 14.6 Å². The maximum Gasteiger partial charge on any atom is 0.242 e. The van der Waals surface area contributed by atoms with Gasteiger partial charge in [-0.15, -0.1) is 0 Å². The third-order valence-corrected chi connectivity index (χ3v) is 4.98. The Morgan fingerprint density at radius 3 is 2.71 bits per heavy atom. The highest BCUT2D eigenvalue weighted by Crippen LogP contribution is 2.36. The number of hydrogen-bond acceptors (Lipinski definition) is 5. The van der Waals surface area contributed by atoms with Crippen LogP contribution < -0.4 is 4.74 Å². The molecule has 21 heavy (non-hydrogen) atoms. The van der Waals surface area contributed by atoms with Gasteiger partial charge in [-0.3, -0.25) is 4.57 Å². The molecule has 114 valence electrons. The van der Waals surface area contributed by atoms with Crippen LogP contribution >= 0.6 is 12.2 Å². The summed E-state index contributed by atoms with van der Waals surface area (Å²) in [5.41, 5.74) is 1.75. The summed E-state index contributed by atoms with van der Waals surface area (Å²) in [6, 6.07) is 0. The number of aromatic amines is 1. The van der Waals surface area contributed by atoms with Crippen LogP contribution in [0.15, 0.2) is 6.33 Å². The summed E-state index contributed by atoms with van der Waals surface area (Å²) < 4.78 is 8.05. The summed E-state index contributed by atoms with van der Waals surface area (Å²) in [7, 11) is 5.91. The van der Waals surface area contributed by atoms with E-state index in [1.165, 1.54) is 32.0 Å². The minimum atomic E-state index is 0.158. The summed E-state index contributed by atoms with van der Waals surface area (Å²) in [5.74, 6) is 0.537. The van der Waals surface area contributed by atoms with Crippen molar-refractivity contribution in [3.05, 3.63) is 11.1 Å². The normalized spacial score (nSPS) is 17.7. The summed E-state index contributed by atoms with van der Waals surface area (Å²) >= 11 is 5.50. The molecule has 0 aromatic carbocycles. The maximum absolute atomic E-state index is 5.50. The minimum absolute atomic E-state index is 0.158. The van der Waals surface area contributed by atoms with Crippen molar-refractivity contribution >= 4 is 23.4 Å². The monoisotopic (exact) mass is 307 g/mol. The van der Waals surface area contributed by atoms with Crippen molar-refractivity contribution < 1.29 is 4.74 Å². The van der Waals surface area contributed by atoms with Gasteiger partial charge in [0.15, 0.2) is 10.4 Å². The molecular weight excluding hydrogens is 286 g/mol. The molecule has 1 aliphatic rings. The van der Waals surface area contributed by atoms with Crippen molar-refractivity contribution in [3.8, 4) is 5.88 Å². The number of rotatable bonds is 4. The molecule has 1 aliphatic carbocycles. The van der Waals surface area contributed by atoms with Gasteiger partial charge in [0.2, 0.25) is 5.88 Å². The lowest BCUT2D eigenvalue weighted by molar-refractivity contribution is 0.134. The molecule has 0 aliphatic heterocycles. The van der Waals surface area contributed by atoms with Crippen molar-refractivity contribution in [1.82, 2.24) is 24.4 Å². The van der Waals surface area contributed by atoms with E-state index in [0.717, 1.165) is 17.7 Å². The van der Waals surface area contributed by atoms with E-state index >= 15 is 0 Å². The van der Waals surface area contributed by atoms with E-state index in [1.807, 2.05) is 0 Å². The number of likely N-dealkylation sites (N-methyl/N-ethyl adjacent to an activating group) is 1. The largest absolute Gasteiger partial charge is 0.479 e. The molecule has 2 heterocycles. The van der Waals surface area contributed by atoms with Gasteiger partial charge in [-0.1, -0.05) is 12.8 Å².